The molecule has 0 aliphatic carbocycles. The number of aromatic nitrogens is 2. The van der Waals surface area contributed by atoms with Crippen LogP contribution in [0.3, 0.4) is 0 Å². The summed E-state index contributed by atoms with van der Waals surface area (Å²) in [4.78, 5) is 26.0. The van der Waals surface area contributed by atoms with Crippen molar-refractivity contribution in [2.45, 2.75) is 40.0 Å². The smallest absolute Gasteiger partial charge is 0.322 e. The number of fused-ring (bicyclic) bond motifs is 2. The number of hydrogen-bond donors (Lipinski definition) is 1. The number of anilines is 2. The minimum Gasteiger partial charge on any atom is -0.322 e. The summed E-state index contributed by atoms with van der Waals surface area (Å²) in [6, 6.07) is 12.3. The number of aromatic amines is 1. The van der Waals surface area contributed by atoms with Crippen molar-refractivity contribution >= 4 is 35.4 Å². The van der Waals surface area contributed by atoms with Gasteiger partial charge in [0.2, 0.25) is 0 Å². The van der Waals surface area contributed by atoms with Gasteiger partial charge in [-0.25, -0.2) is 9.79 Å². The van der Waals surface area contributed by atoms with Gasteiger partial charge in [0.25, 0.3) is 0 Å². The number of nitrogens with zero attached hydrogens (tertiary/aromatic N) is 3. The lowest BCUT2D eigenvalue weighted by Crippen LogP contribution is -2.42. The highest BCUT2D eigenvalue weighted by Crippen LogP contribution is 2.37. The zero-order chi connectivity index (χ0) is 22.1. The molecule has 0 spiro atoms. The topological polar surface area (TPSA) is 61.4 Å². The number of aryl methyl sites for hydroxylation is 2. The molecule has 1 aliphatic rings. The van der Waals surface area contributed by atoms with E-state index in [4.69, 9.17) is 16.6 Å². The van der Waals surface area contributed by atoms with E-state index in [1.54, 1.807) is 0 Å². The molecule has 0 saturated carbocycles. The molecule has 4 rings (SSSR count). The molecule has 0 amide bonds. The normalized spacial score (nSPS) is 12.5. The number of benzene rings is 2. The maximum Gasteiger partial charge on any atom is 0.347 e. The largest absolute Gasteiger partial charge is 0.347 e. The molecule has 1 aliphatic heterocycles. The molecule has 0 atom stereocenters. The van der Waals surface area contributed by atoms with Gasteiger partial charge >= 0.3 is 5.69 Å². The van der Waals surface area contributed by atoms with Crippen LogP contribution in [0.1, 0.15) is 37.0 Å². The van der Waals surface area contributed by atoms with Crippen LogP contribution in [-0.2, 0) is 12.8 Å². The predicted molar refractivity (Wildman–Crippen MR) is 127 cm³/mol. The van der Waals surface area contributed by atoms with Gasteiger partial charge in [0, 0.05) is 11.6 Å². The summed E-state index contributed by atoms with van der Waals surface area (Å²) in [6.07, 6.45) is 2.80. The average Bonchev–Trinajstić information content (AvgIpc) is 2.70. The number of H-pyrrole nitrogens is 1. The molecule has 0 saturated heterocycles. The summed E-state index contributed by atoms with van der Waals surface area (Å²) < 4.78 is 0. The van der Waals surface area contributed by atoms with E-state index in [2.05, 4.69) is 66.5 Å². The molecule has 31 heavy (non-hydrogen) atoms. The second-order valence-corrected chi connectivity index (χ2v) is 8.99. The lowest BCUT2D eigenvalue weighted by molar-refractivity contribution is 0.644. The Morgan fingerprint density at radius 3 is 2.65 bits per heavy atom. The molecular weight excluding hydrogens is 408 g/mol. The number of hydrogen-bond acceptors (Lipinski definition) is 4. The van der Waals surface area contributed by atoms with Crippen molar-refractivity contribution in [1.82, 2.24) is 9.97 Å². The highest BCUT2D eigenvalue weighted by atomic mass is 35.5. The minimum absolute atomic E-state index is 0.403. The van der Waals surface area contributed by atoms with Crippen LogP contribution in [-0.4, -0.2) is 16.5 Å². The van der Waals surface area contributed by atoms with Gasteiger partial charge in [-0.2, -0.15) is 4.98 Å². The summed E-state index contributed by atoms with van der Waals surface area (Å²) in [5.41, 5.74) is 5.25. The molecule has 3 aromatic rings. The van der Waals surface area contributed by atoms with Gasteiger partial charge in [-0.3, -0.25) is 0 Å². The van der Waals surface area contributed by atoms with Crippen LogP contribution in [0.4, 0.5) is 17.2 Å². The van der Waals surface area contributed by atoms with Crippen LogP contribution < -0.4 is 21.3 Å². The zero-order valence-electron chi connectivity index (χ0n) is 18.2. The van der Waals surface area contributed by atoms with Crippen LogP contribution in [0.25, 0.3) is 6.58 Å². The first-order chi connectivity index (χ1) is 14.8. The minimum atomic E-state index is -0.403. The highest BCUT2D eigenvalue weighted by molar-refractivity contribution is 6.30. The molecule has 160 valence electrons. The van der Waals surface area contributed by atoms with E-state index in [1.165, 1.54) is 16.7 Å². The van der Waals surface area contributed by atoms with Crippen molar-refractivity contribution in [3.63, 3.8) is 0 Å². The summed E-state index contributed by atoms with van der Waals surface area (Å²) in [7, 11) is 0. The van der Waals surface area contributed by atoms with Crippen LogP contribution >= 0.6 is 11.6 Å². The Balaban J connectivity index is 1.74. The third kappa shape index (κ3) is 4.57. The lowest BCUT2D eigenvalue weighted by atomic mass is 9.96. The Morgan fingerprint density at radius 2 is 1.94 bits per heavy atom. The molecule has 1 aromatic heterocycles. The van der Waals surface area contributed by atoms with E-state index in [1.807, 2.05) is 12.1 Å². The first kappa shape index (κ1) is 21.3. The fourth-order valence-electron chi connectivity index (χ4n) is 4.05. The fourth-order valence-corrected chi connectivity index (χ4v) is 4.18. The van der Waals surface area contributed by atoms with E-state index < -0.39 is 5.69 Å². The number of rotatable bonds is 6. The molecule has 1 N–H and O–H groups in total. The number of halogens is 1. The number of nitrogens with one attached hydrogen (secondary N) is 1. The Bertz CT molecular complexity index is 1280. The summed E-state index contributed by atoms with van der Waals surface area (Å²) >= 11 is 6.01. The highest BCUT2D eigenvalue weighted by Gasteiger charge is 2.23. The van der Waals surface area contributed by atoms with E-state index in [9.17, 15) is 4.79 Å². The van der Waals surface area contributed by atoms with Gasteiger partial charge in [0.05, 0.1) is 16.7 Å². The standard InChI is InChI=1S/C25H27ClN4O/c1-15(2)12-19-14-22-21(13-16(19)3)28-23-17(4)27-25(31)29-24(23)30(22)11-5-6-18-7-9-20(26)10-8-18/h7-10,13-15H,4-6,11-12H2,1-3H3,(H,27,31). The Labute approximate surface area is 187 Å². The van der Waals surface area contributed by atoms with Gasteiger partial charge in [-0.15, -0.1) is 0 Å². The van der Waals surface area contributed by atoms with Gasteiger partial charge in [0.15, 0.2) is 5.82 Å². The SMILES string of the molecule is C=c1[nH]c(=O)nc2c1=Nc1cc(C)c(CC(C)C)cc1N2CCCc1ccc(Cl)cc1. The van der Waals surface area contributed by atoms with Gasteiger partial charge in [-0.05, 0) is 73.1 Å². The van der Waals surface area contributed by atoms with Crippen LogP contribution in [0, 0.1) is 12.8 Å². The zero-order valence-corrected chi connectivity index (χ0v) is 19.0. The molecule has 5 nitrogen and oxygen atoms in total. The first-order valence-corrected chi connectivity index (χ1v) is 11.0. The second kappa shape index (κ2) is 8.67. The Kier molecular flexibility index (Phi) is 5.96. The van der Waals surface area contributed by atoms with E-state index in [0.717, 1.165) is 42.2 Å². The quantitative estimate of drug-likeness (QED) is 0.626. The lowest BCUT2D eigenvalue weighted by Gasteiger charge is -2.29. The summed E-state index contributed by atoms with van der Waals surface area (Å²) in [6.45, 7) is 11.3. The molecule has 6 heteroatoms. The molecule has 2 aromatic carbocycles. The van der Waals surface area contributed by atoms with E-state index >= 15 is 0 Å². The average molecular weight is 435 g/mol. The maximum atomic E-state index is 12.1. The molecule has 0 fully saturated rings. The molecule has 0 radical (unpaired) electrons. The van der Waals surface area contributed by atoms with Crippen molar-refractivity contribution in [2.75, 3.05) is 11.4 Å². The van der Waals surface area contributed by atoms with Crippen molar-refractivity contribution in [3.05, 3.63) is 79.3 Å². The second-order valence-electron chi connectivity index (χ2n) is 8.55. The van der Waals surface area contributed by atoms with E-state index in [-0.39, 0.29) is 0 Å². The summed E-state index contributed by atoms with van der Waals surface area (Å²) in [5, 5.41) is 1.87. The molecule has 0 unspecified atom stereocenters. The van der Waals surface area contributed by atoms with Gasteiger partial charge in [0.1, 0.15) is 5.36 Å². The van der Waals surface area contributed by atoms with Crippen molar-refractivity contribution in [2.24, 2.45) is 10.9 Å². The maximum absolute atomic E-state index is 12.1. The van der Waals surface area contributed by atoms with Crippen LogP contribution in [0.15, 0.2) is 46.2 Å². The van der Waals surface area contributed by atoms with Crippen molar-refractivity contribution in [1.29, 1.82) is 0 Å². The Morgan fingerprint density at radius 1 is 1.19 bits per heavy atom. The van der Waals surface area contributed by atoms with Gasteiger partial charge in [-0.1, -0.05) is 44.2 Å². The van der Waals surface area contributed by atoms with Crippen molar-refractivity contribution in [3.8, 4) is 0 Å². The Hall–Kier alpha value is -2.92. The summed E-state index contributed by atoms with van der Waals surface area (Å²) in [5.74, 6) is 1.13. The molecule has 0 bridgehead atoms. The third-order valence-electron chi connectivity index (χ3n) is 5.56. The molecular formula is C25H27ClN4O. The third-order valence-corrected chi connectivity index (χ3v) is 5.82. The van der Waals surface area contributed by atoms with Crippen LogP contribution in [0.5, 0.6) is 0 Å². The van der Waals surface area contributed by atoms with Crippen molar-refractivity contribution < 1.29 is 0 Å². The first-order valence-electron chi connectivity index (χ1n) is 10.7. The van der Waals surface area contributed by atoms with Crippen LogP contribution in [0.2, 0.25) is 5.02 Å². The van der Waals surface area contributed by atoms with Gasteiger partial charge < -0.3 is 9.88 Å². The van der Waals surface area contributed by atoms with E-state index in [0.29, 0.717) is 22.4 Å². The fraction of sp³-hybridized carbons (Fsp3) is 0.320. The molecule has 2 heterocycles. The monoisotopic (exact) mass is 434 g/mol. The predicted octanol–water partition coefficient (Wildman–Crippen LogP) is 4.38.